The molecule has 0 spiro atoms. The molecule has 0 aliphatic rings. The van der Waals surface area contributed by atoms with E-state index in [1.165, 1.54) is 6.08 Å². The molecule has 0 aliphatic heterocycles. The van der Waals surface area contributed by atoms with Gasteiger partial charge in [-0.2, -0.15) is 0 Å². The van der Waals surface area contributed by atoms with Crippen LogP contribution in [0.1, 0.15) is 19.8 Å². The maximum atomic E-state index is 11.5. The summed E-state index contributed by atoms with van der Waals surface area (Å²) in [5.74, 6) is -0.743. The zero-order chi connectivity index (χ0) is 25.2. The molecule has 0 aromatic carbocycles. The maximum Gasteiger partial charge on any atom is 0.333 e. The Morgan fingerprint density at radius 3 is 1.53 bits per heavy atom. The first-order valence-corrected chi connectivity index (χ1v) is 23.0. The molecule has 0 aliphatic carbocycles. The van der Waals surface area contributed by atoms with Crippen molar-refractivity contribution in [2.24, 2.45) is 0 Å². The Morgan fingerprint density at radius 2 is 1.16 bits per heavy atom. The summed E-state index contributed by atoms with van der Waals surface area (Å²) >= 11 is 0. The number of hydrogen-bond acceptors (Lipinski definition) is 7. The average Bonchev–Trinajstić information content (AvgIpc) is 2.58. The van der Waals surface area contributed by atoms with Gasteiger partial charge in [-0.15, -0.1) is 0 Å². The van der Waals surface area contributed by atoms with E-state index in [0.29, 0.717) is 18.8 Å². The molecule has 11 heteroatoms. The first-order chi connectivity index (χ1) is 14.4. The predicted molar refractivity (Wildman–Crippen MR) is 139 cm³/mol. The molecule has 0 amide bonds. The standard InChI is InChI=1S/C21H44O7Si4/c1-12-20(22)24-15-13-17-29(4,5)26-31(8,9)28-32(10,11)27-30(6,7)18-14-16-25-21(23)19(2)3/h12H,1-2,13-18H2,3-11H3. The van der Waals surface area contributed by atoms with Crippen LogP contribution in [0.4, 0.5) is 0 Å². The minimum Gasteiger partial charge on any atom is -0.463 e. The van der Waals surface area contributed by atoms with Crippen molar-refractivity contribution in [1.29, 1.82) is 0 Å². The highest BCUT2D eigenvalue weighted by atomic mass is 28.5. The maximum absolute atomic E-state index is 11.5. The van der Waals surface area contributed by atoms with Crippen LogP contribution in [0.15, 0.2) is 24.8 Å². The zero-order valence-electron chi connectivity index (χ0n) is 21.6. The number of carbonyl (C=O) groups excluding carboxylic acids is 2. The largest absolute Gasteiger partial charge is 0.463 e. The number of esters is 2. The molecule has 0 fully saturated rings. The Labute approximate surface area is 199 Å². The molecule has 0 N–H and O–H groups in total. The Bertz CT molecular complexity index is 661. The molecule has 7 nitrogen and oxygen atoms in total. The first kappa shape index (κ1) is 31.2. The van der Waals surface area contributed by atoms with Crippen molar-refractivity contribution in [3.63, 3.8) is 0 Å². The monoisotopic (exact) mass is 520 g/mol. The van der Waals surface area contributed by atoms with Crippen LogP contribution in [0.2, 0.25) is 64.5 Å². The molecule has 0 aromatic heterocycles. The lowest BCUT2D eigenvalue weighted by atomic mass is 10.4. The minimum atomic E-state index is -2.41. The molecule has 0 bridgehead atoms. The molecule has 0 aromatic rings. The Balaban J connectivity index is 4.65. The van der Waals surface area contributed by atoms with Crippen molar-refractivity contribution in [3.8, 4) is 0 Å². The van der Waals surface area contributed by atoms with Crippen LogP contribution in [-0.4, -0.2) is 58.9 Å². The number of rotatable bonds is 16. The summed E-state index contributed by atoms with van der Waals surface area (Å²) in [4.78, 5) is 22.7. The summed E-state index contributed by atoms with van der Waals surface area (Å²) in [6, 6.07) is 1.76. The average molecular weight is 521 g/mol. The summed E-state index contributed by atoms with van der Waals surface area (Å²) in [6.45, 7) is 26.4. The van der Waals surface area contributed by atoms with Crippen LogP contribution in [0.5, 0.6) is 0 Å². The summed E-state index contributed by atoms with van der Waals surface area (Å²) in [7, 11) is -8.80. The van der Waals surface area contributed by atoms with Crippen molar-refractivity contribution in [3.05, 3.63) is 24.8 Å². The fourth-order valence-electron chi connectivity index (χ4n) is 3.58. The van der Waals surface area contributed by atoms with Gasteiger partial charge in [0, 0.05) is 11.6 Å². The molecule has 0 unspecified atom stereocenters. The van der Waals surface area contributed by atoms with Crippen molar-refractivity contribution in [2.75, 3.05) is 13.2 Å². The highest BCUT2D eigenvalue weighted by Crippen LogP contribution is 2.27. The van der Waals surface area contributed by atoms with Crippen LogP contribution in [0, 0.1) is 0 Å². The molecule has 0 radical (unpaired) electrons. The van der Waals surface area contributed by atoms with Crippen molar-refractivity contribution in [1.82, 2.24) is 0 Å². The molecule has 32 heavy (non-hydrogen) atoms. The van der Waals surface area contributed by atoms with Gasteiger partial charge in [0.25, 0.3) is 0 Å². The Hall–Kier alpha value is -0.832. The topological polar surface area (TPSA) is 80.3 Å². The summed E-state index contributed by atoms with van der Waals surface area (Å²) in [5, 5.41) is 0. The van der Waals surface area contributed by atoms with E-state index in [0.717, 1.165) is 24.9 Å². The van der Waals surface area contributed by atoms with Crippen LogP contribution in [0.25, 0.3) is 0 Å². The fourth-order valence-corrected chi connectivity index (χ4v) is 22.9. The third kappa shape index (κ3) is 15.1. The van der Waals surface area contributed by atoms with Gasteiger partial charge in [0.1, 0.15) is 0 Å². The molecule has 0 heterocycles. The predicted octanol–water partition coefficient (Wildman–Crippen LogP) is 5.48. The van der Waals surface area contributed by atoms with Crippen molar-refractivity contribution >= 4 is 45.7 Å². The van der Waals surface area contributed by atoms with E-state index >= 15 is 0 Å². The SMILES string of the molecule is C=CC(=O)OCCC[Si](C)(C)O[Si](C)(C)O[Si](C)(C)O[Si](C)(C)CCCOC(=O)C(=C)C. The molecular weight excluding hydrogens is 477 g/mol. The van der Waals surface area contributed by atoms with Gasteiger partial charge in [0.05, 0.1) is 13.2 Å². The van der Waals surface area contributed by atoms with Gasteiger partial charge in [-0.3, -0.25) is 0 Å². The second-order valence-electron chi connectivity index (χ2n) is 10.1. The van der Waals surface area contributed by atoms with Crippen LogP contribution in [0.3, 0.4) is 0 Å². The molecule has 0 atom stereocenters. The lowest BCUT2D eigenvalue weighted by Crippen LogP contribution is -2.56. The van der Waals surface area contributed by atoms with Gasteiger partial charge in [-0.05, 0) is 84.2 Å². The highest BCUT2D eigenvalue weighted by molar-refractivity contribution is 6.89. The van der Waals surface area contributed by atoms with E-state index in [1.54, 1.807) is 6.92 Å². The number of carbonyl (C=O) groups is 2. The summed E-state index contributed by atoms with van der Waals surface area (Å²) in [5.41, 5.74) is 0.413. The fraction of sp³-hybridized carbons (Fsp3) is 0.714. The van der Waals surface area contributed by atoms with Gasteiger partial charge < -0.3 is 21.8 Å². The Morgan fingerprint density at radius 1 is 0.750 bits per heavy atom. The zero-order valence-corrected chi connectivity index (χ0v) is 25.6. The normalized spacial score (nSPS) is 12.9. The number of hydrogen-bond donors (Lipinski definition) is 0. The minimum absolute atomic E-state index is 0.348. The molecule has 0 saturated heterocycles. The summed E-state index contributed by atoms with van der Waals surface area (Å²) < 4.78 is 29.9. The third-order valence-corrected chi connectivity index (χ3v) is 19.8. The van der Waals surface area contributed by atoms with E-state index in [-0.39, 0.29) is 5.97 Å². The van der Waals surface area contributed by atoms with Gasteiger partial charge in [-0.1, -0.05) is 13.2 Å². The molecule has 186 valence electrons. The van der Waals surface area contributed by atoms with Crippen LogP contribution in [-0.2, 0) is 31.4 Å². The Kier molecular flexibility index (Phi) is 12.8. The van der Waals surface area contributed by atoms with E-state index < -0.39 is 39.7 Å². The van der Waals surface area contributed by atoms with Crippen molar-refractivity contribution < 1.29 is 31.4 Å². The lowest BCUT2D eigenvalue weighted by Gasteiger charge is -2.41. The second kappa shape index (κ2) is 13.2. The summed E-state index contributed by atoms with van der Waals surface area (Å²) in [6.07, 6.45) is 2.70. The van der Waals surface area contributed by atoms with Crippen molar-refractivity contribution in [2.45, 2.75) is 84.2 Å². The molecular formula is C21H44O7Si4. The van der Waals surface area contributed by atoms with Gasteiger partial charge in [0.2, 0.25) is 0 Å². The van der Waals surface area contributed by atoms with E-state index in [2.05, 4.69) is 65.5 Å². The third-order valence-electron chi connectivity index (χ3n) is 4.37. The van der Waals surface area contributed by atoms with Crippen LogP contribution >= 0.6 is 0 Å². The van der Waals surface area contributed by atoms with Crippen LogP contribution < -0.4 is 0 Å². The first-order valence-electron chi connectivity index (χ1n) is 11.1. The van der Waals surface area contributed by atoms with Gasteiger partial charge in [-0.25, -0.2) is 9.59 Å². The number of ether oxygens (including phenoxy) is 2. The molecule has 0 saturated carbocycles. The van der Waals surface area contributed by atoms with Gasteiger partial charge in [0.15, 0.2) is 16.6 Å². The van der Waals surface area contributed by atoms with E-state index in [4.69, 9.17) is 21.8 Å². The molecule has 0 rings (SSSR count). The van der Waals surface area contributed by atoms with E-state index in [1.807, 2.05) is 0 Å². The van der Waals surface area contributed by atoms with E-state index in [9.17, 15) is 9.59 Å². The second-order valence-corrected chi connectivity index (χ2v) is 26.2. The lowest BCUT2D eigenvalue weighted by molar-refractivity contribution is -0.139. The highest BCUT2D eigenvalue weighted by Gasteiger charge is 2.43. The quantitative estimate of drug-likeness (QED) is 0.115. The van der Waals surface area contributed by atoms with Gasteiger partial charge >= 0.3 is 29.1 Å². The smallest absolute Gasteiger partial charge is 0.333 e.